The largest absolute Gasteiger partial charge is 0.322 e. The minimum atomic E-state index is -0.210. The first-order valence-corrected chi connectivity index (χ1v) is 4.54. The van der Waals surface area contributed by atoms with E-state index in [2.05, 4.69) is 0 Å². The van der Waals surface area contributed by atoms with E-state index in [0.717, 1.165) is 18.6 Å². The first-order valence-electron chi connectivity index (χ1n) is 4.54. The lowest BCUT2D eigenvalue weighted by molar-refractivity contribution is -0.109. The van der Waals surface area contributed by atoms with Crippen LogP contribution in [0.15, 0.2) is 0 Å². The van der Waals surface area contributed by atoms with Crippen LogP contribution < -0.4 is 5.73 Å². The molecular formula is C9H19NO. The number of hydrogen-bond acceptors (Lipinski definition) is 2. The molecule has 2 N–H and O–H groups in total. The second-order valence-corrected chi connectivity index (χ2v) is 3.54. The molecule has 0 unspecified atom stereocenters. The van der Waals surface area contributed by atoms with Gasteiger partial charge in [-0.2, -0.15) is 0 Å². The monoisotopic (exact) mass is 157 g/mol. The van der Waals surface area contributed by atoms with Gasteiger partial charge in [0.2, 0.25) is 0 Å². The van der Waals surface area contributed by atoms with Crippen molar-refractivity contribution in [2.75, 3.05) is 0 Å². The van der Waals surface area contributed by atoms with Crippen molar-refractivity contribution in [3.63, 3.8) is 0 Å². The summed E-state index contributed by atoms with van der Waals surface area (Å²) < 4.78 is 0. The van der Waals surface area contributed by atoms with Crippen LogP contribution in [0.3, 0.4) is 0 Å². The minimum absolute atomic E-state index is 0. The van der Waals surface area contributed by atoms with Crippen molar-refractivity contribution in [2.45, 2.75) is 44.6 Å². The molecule has 1 saturated carbocycles. The molecule has 0 saturated heterocycles. The van der Waals surface area contributed by atoms with Gasteiger partial charge in [-0.1, -0.05) is 32.1 Å². The van der Waals surface area contributed by atoms with Gasteiger partial charge < -0.3 is 10.5 Å². The van der Waals surface area contributed by atoms with E-state index in [4.69, 9.17) is 5.73 Å². The molecule has 0 spiro atoms. The number of hydrogen-bond donors (Lipinski definition) is 1. The molecule has 2 nitrogen and oxygen atoms in total. The summed E-state index contributed by atoms with van der Waals surface area (Å²) in [7, 11) is 0. The first kappa shape index (κ1) is 8.72. The molecule has 2 heteroatoms. The fourth-order valence-electron chi connectivity index (χ4n) is 1.86. The zero-order valence-corrected chi connectivity index (χ0v) is 6.96. The fourth-order valence-corrected chi connectivity index (χ4v) is 1.86. The summed E-state index contributed by atoms with van der Waals surface area (Å²) in [5, 5.41) is 0. The summed E-state index contributed by atoms with van der Waals surface area (Å²) in [5.74, 6) is 0.726. The summed E-state index contributed by atoms with van der Waals surface area (Å²) in [6.07, 6.45) is 8.36. The van der Waals surface area contributed by atoms with Gasteiger partial charge in [0.15, 0.2) is 0 Å². The molecule has 0 amide bonds. The topological polar surface area (TPSA) is 43.1 Å². The van der Waals surface area contributed by atoms with Gasteiger partial charge in [0, 0.05) is 1.43 Å². The van der Waals surface area contributed by atoms with Gasteiger partial charge in [0.1, 0.15) is 6.29 Å². The van der Waals surface area contributed by atoms with Crippen LogP contribution in [0.5, 0.6) is 0 Å². The van der Waals surface area contributed by atoms with Crippen LogP contribution in [0.2, 0.25) is 0 Å². The smallest absolute Gasteiger partial charge is 0.136 e. The SMILES string of the molecule is N[C@H](C=O)CC1CCCCC1.[HH]. The summed E-state index contributed by atoms with van der Waals surface area (Å²) in [5.41, 5.74) is 5.54. The summed E-state index contributed by atoms with van der Waals surface area (Å²) in [6.45, 7) is 0. The number of carbonyl (C=O) groups is 1. The lowest BCUT2D eigenvalue weighted by Gasteiger charge is -2.22. The molecule has 1 aliphatic carbocycles. The summed E-state index contributed by atoms with van der Waals surface area (Å²) >= 11 is 0. The van der Waals surface area contributed by atoms with Crippen molar-refractivity contribution in [1.29, 1.82) is 0 Å². The minimum Gasteiger partial charge on any atom is -0.322 e. The third-order valence-electron chi connectivity index (χ3n) is 2.51. The highest BCUT2D eigenvalue weighted by Crippen LogP contribution is 2.26. The number of carbonyl (C=O) groups excluding carboxylic acids is 1. The normalized spacial score (nSPS) is 23.0. The number of aldehydes is 1. The number of nitrogens with two attached hydrogens (primary N) is 1. The van der Waals surface area contributed by atoms with Crippen LogP contribution >= 0.6 is 0 Å². The second kappa shape index (κ2) is 4.50. The maximum atomic E-state index is 10.3. The van der Waals surface area contributed by atoms with Crippen LogP contribution in [0, 0.1) is 5.92 Å². The molecule has 1 aliphatic rings. The molecule has 0 aromatic heterocycles. The Morgan fingerprint density at radius 1 is 1.45 bits per heavy atom. The van der Waals surface area contributed by atoms with E-state index in [-0.39, 0.29) is 7.47 Å². The zero-order chi connectivity index (χ0) is 8.10. The molecule has 1 atom stereocenters. The van der Waals surface area contributed by atoms with Crippen molar-refractivity contribution in [1.82, 2.24) is 0 Å². The quantitative estimate of drug-likeness (QED) is 0.634. The molecule has 1 rings (SSSR count). The Morgan fingerprint density at radius 3 is 2.64 bits per heavy atom. The number of rotatable bonds is 3. The lowest BCUT2D eigenvalue weighted by Crippen LogP contribution is -2.25. The van der Waals surface area contributed by atoms with E-state index in [1.54, 1.807) is 0 Å². The highest BCUT2D eigenvalue weighted by atomic mass is 16.1. The Labute approximate surface area is 69.6 Å². The van der Waals surface area contributed by atoms with Crippen LogP contribution in [-0.2, 0) is 4.79 Å². The van der Waals surface area contributed by atoms with Crippen LogP contribution in [0.4, 0.5) is 0 Å². The molecule has 0 heterocycles. The van der Waals surface area contributed by atoms with Crippen molar-refractivity contribution < 1.29 is 6.22 Å². The Kier molecular flexibility index (Phi) is 3.57. The highest BCUT2D eigenvalue weighted by molar-refractivity contribution is 5.56. The maximum Gasteiger partial charge on any atom is 0.136 e. The van der Waals surface area contributed by atoms with Gasteiger partial charge in [-0.15, -0.1) is 0 Å². The van der Waals surface area contributed by atoms with Crippen molar-refractivity contribution in [2.24, 2.45) is 11.7 Å². The molecular weight excluding hydrogens is 138 g/mol. The molecule has 0 aromatic carbocycles. The highest BCUT2D eigenvalue weighted by Gasteiger charge is 2.15. The zero-order valence-electron chi connectivity index (χ0n) is 6.96. The van der Waals surface area contributed by atoms with E-state index in [9.17, 15) is 4.79 Å². The fraction of sp³-hybridized carbons (Fsp3) is 0.889. The van der Waals surface area contributed by atoms with E-state index in [1.165, 1.54) is 32.1 Å². The van der Waals surface area contributed by atoms with Crippen LogP contribution in [0.1, 0.15) is 40.0 Å². The van der Waals surface area contributed by atoms with E-state index >= 15 is 0 Å². The van der Waals surface area contributed by atoms with Gasteiger partial charge in [-0.25, -0.2) is 0 Å². The molecule has 0 aliphatic heterocycles. The lowest BCUT2D eigenvalue weighted by atomic mass is 9.85. The van der Waals surface area contributed by atoms with Gasteiger partial charge in [-0.05, 0) is 12.3 Å². The summed E-state index contributed by atoms with van der Waals surface area (Å²) in [6, 6.07) is -0.210. The Morgan fingerprint density at radius 2 is 2.09 bits per heavy atom. The Bertz CT molecular complexity index is 124. The van der Waals surface area contributed by atoms with Crippen molar-refractivity contribution in [3.05, 3.63) is 0 Å². The molecule has 11 heavy (non-hydrogen) atoms. The third kappa shape index (κ3) is 3.02. The molecule has 0 aromatic rings. The third-order valence-corrected chi connectivity index (χ3v) is 2.51. The first-order chi connectivity index (χ1) is 5.33. The Hall–Kier alpha value is -0.370. The second-order valence-electron chi connectivity index (χ2n) is 3.54. The predicted octanol–water partition coefficient (Wildman–Crippen LogP) is 1.73. The molecule has 0 bridgehead atoms. The average molecular weight is 157 g/mol. The van der Waals surface area contributed by atoms with E-state index < -0.39 is 0 Å². The van der Waals surface area contributed by atoms with E-state index in [0.29, 0.717) is 0 Å². The van der Waals surface area contributed by atoms with Gasteiger partial charge in [0.05, 0.1) is 6.04 Å². The van der Waals surface area contributed by atoms with Crippen LogP contribution in [0.25, 0.3) is 0 Å². The van der Waals surface area contributed by atoms with Gasteiger partial charge >= 0.3 is 0 Å². The molecule has 66 valence electrons. The van der Waals surface area contributed by atoms with E-state index in [1.807, 2.05) is 0 Å². The van der Waals surface area contributed by atoms with Gasteiger partial charge in [0.25, 0.3) is 0 Å². The predicted molar refractivity (Wildman–Crippen MR) is 47.3 cm³/mol. The molecule has 1 fully saturated rings. The standard InChI is InChI=1S/C9H17NO.H2/c10-9(7-11)6-8-4-2-1-3-5-8;/h7-9H,1-6,10H2;1H/t9-;/m0./s1. The maximum absolute atomic E-state index is 10.3. The average Bonchev–Trinajstić information content (AvgIpc) is 2.06. The van der Waals surface area contributed by atoms with Crippen molar-refractivity contribution in [3.8, 4) is 0 Å². The van der Waals surface area contributed by atoms with Crippen LogP contribution in [-0.4, -0.2) is 12.3 Å². The molecule has 0 radical (unpaired) electrons. The Balaban J connectivity index is 0.00000121. The van der Waals surface area contributed by atoms with Crippen molar-refractivity contribution >= 4 is 6.29 Å². The summed E-state index contributed by atoms with van der Waals surface area (Å²) in [4.78, 5) is 10.3. The van der Waals surface area contributed by atoms with Gasteiger partial charge in [-0.3, -0.25) is 0 Å².